The van der Waals surface area contributed by atoms with E-state index in [1.165, 1.54) is 5.56 Å². The molecule has 2 N–H and O–H groups in total. The molecule has 0 fully saturated rings. The second-order valence-corrected chi connectivity index (χ2v) is 3.75. The van der Waals surface area contributed by atoms with E-state index in [1.54, 1.807) is 6.92 Å². The second-order valence-electron chi connectivity index (χ2n) is 3.75. The molecule has 5 nitrogen and oxygen atoms in total. The minimum absolute atomic E-state index is 0.155. The van der Waals surface area contributed by atoms with Gasteiger partial charge in [-0.15, -0.1) is 5.10 Å². The second kappa shape index (κ2) is 4.78. The van der Waals surface area contributed by atoms with E-state index in [0.29, 0.717) is 5.82 Å². The van der Waals surface area contributed by atoms with Crippen molar-refractivity contribution in [3.63, 3.8) is 0 Å². The molecule has 17 heavy (non-hydrogen) atoms. The third-order valence-corrected chi connectivity index (χ3v) is 2.42. The van der Waals surface area contributed by atoms with Crippen molar-refractivity contribution in [1.29, 1.82) is 0 Å². The van der Waals surface area contributed by atoms with E-state index >= 15 is 0 Å². The molecule has 88 valence electrons. The third-order valence-electron chi connectivity index (χ3n) is 2.42. The summed E-state index contributed by atoms with van der Waals surface area (Å²) in [5, 5.41) is 9.17. The lowest BCUT2D eigenvalue weighted by molar-refractivity contribution is 0.101. The number of hydrogen-bond donors (Lipinski definition) is 2. The highest BCUT2D eigenvalue weighted by Crippen LogP contribution is 2.10. The standard InChI is InChI=1S/C12H14N4O/c1-3-9-4-6-10(7-5-9)14-12(17)11-13-8(2)15-16-11/h4-7H,3H2,1-2H3,(H,14,17)(H,13,15,16). The van der Waals surface area contributed by atoms with E-state index in [0.717, 1.165) is 12.1 Å². The maximum absolute atomic E-state index is 11.7. The van der Waals surface area contributed by atoms with Crippen molar-refractivity contribution < 1.29 is 4.79 Å². The lowest BCUT2D eigenvalue weighted by atomic mass is 10.1. The molecule has 0 aliphatic rings. The summed E-state index contributed by atoms with van der Waals surface area (Å²) in [6, 6.07) is 7.71. The zero-order chi connectivity index (χ0) is 12.3. The monoisotopic (exact) mass is 230 g/mol. The Labute approximate surface area is 99.3 Å². The minimum atomic E-state index is -0.307. The molecule has 1 heterocycles. The van der Waals surface area contributed by atoms with Gasteiger partial charge in [-0.25, -0.2) is 4.98 Å². The van der Waals surface area contributed by atoms with Crippen LogP contribution in [-0.4, -0.2) is 21.1 Å². The Morgan fingerprint density at radius 3 is 2.59 bits per heavy atom. The normalized spacial score (nSPS) is 10.2. The smallest absolute Gasteiger partial charge is 0.295 e. The number of aromatic amines is 1. The summed E-state index contributed by atoms with van der Waals surface area (Å²) in [5.74, 6) is 0.470. The van der Waals surface area contributed by atoms with Crippen molar-refractivity contribution in [1.82, 2.24) is 15.2 Å². The number of nitrogens with one attached hydrogen (secondary N) is 2. The average molecular weight is 230 g/mol. The van der Waals surface area contributed by atoms with Gasteiger partial charge in [-0.3, -0.25) is 9.89 Å². The van der Waals surface area contributed by atoms with Crippen molar-refractivity contribution in [2.75, 3.05) is 5.32 Å². The van der Waals surface area contributed by atoms with Crippen molar-refractivity contribution in [3.05, 3.63) is 41.5 Å². The predicted octanol–water partition coefficient (Wildman–Crippen LogP) is 1.93. The van der Waals surface area contributed by atoms with Gasteiger partial charge >= 0.3 is 0 Å². The van der Waals surface area contributed by atoms with E-state index < -0.39 is 0 Å². The van der Waals surface area contributed by atoms with Gasteiger partial charge in [0.1, 0.15) is 5.82 Å². The molecule has 0 saturated heterocycles. The van der Waals surface area contributed by atoms with Gasteiger partial charge in [-0.05, 0) is 31.0 Å². The molecule has 0 aliphatic carbocycles. The highest BCUT2D eigenvalue weighted by atomic mass is 16.2. The molecule has 2 aromatic rings. The topological polar surface area (TPSA) is 70.7 Å². The molecule has 0 spiro atoms. The van der Waals surface area contributed by atoms with Gasteiger partial charge < -0.3 is 5.32 Å². The largest absolute Gasteiger partial charge is 0.319 e. The quantitative estimate of drug-likeness (QED) is 0.846. The van der Waals surface area contributed by atoms with Gasteiger partial charge in [0.25, 0.3) is 5.91 Å². The van der Waals surface area contributed by atoms with Crippen molar-refractivity contribution in [3.8, 4) is 0 Å². The van der Waals surface area contributed by atoms with Gasteiger partial charge in [-0.2, -0.15) is 0 Å². The molecule has 0 bridgehead atoms. The number of amides is 1. The van der Waals surface area contributed by atoms with Crippen LogP contribution in [-0.2, 0) is 6.42 Å². The molecule has 0 aliphatic heterocycles. The fourth-order valence-corrected chi connectivity index (χ4v) is 1.46. The summed E-state index contributed by atoms with van der Waals surface area (Å²) in [6.07, 6.45) is 0.980. The Kier molecular flexibility index (Phi) is 3.18. The van der Waals surface area contributed by atoms with Gasteiger partial charge in [0.15, 0.2) is 0 Å². The van der Waals surface area contributed by atoms with Gasteiger partial charge in [0, 0.05) is 5.69 Å². The molecular formula is C12H14N4O. The fourth-order valence-electron chi connectivity index (χ4n) is 1.46. The number of aromatic nitrogens is 3. The van der Waals surface area contributed by atoms with Crippen LogP contribution in [0.3, 0.4) is 0 Å². The average Bonchev–Trinajstić information content (AvgIpc) is 2.77. The lowest BCUT2D eigenvalue weighted by Crippen LogP contribution is -2.13. The number of rotatable bonds is 3. The first-order chi connectivity index (χ1) is 8.19. The summed E-state index contributed by atoms with van der Waals surface area (Å²) in [4.78, 5) is 15.7. The van der Waals surface area contributed by atoms with E-state index in [2.05, 4.69) is 27.4 Å². The Morgan fingerprint density at radius 2 is 2.06 bits per heavy atom. The number of nitrogens with zero attached hydrogens (tertiary/aromatic N) is 2. The molecule has 0 radical (unpaired) electrons. The molecule has 0 atom stereocenters. The first-order valence-corrected chi connectivity index (χ1v) is 5.48. The first-order valence-electron chi connectivity index (χ1n) is 5.48. The van der Waals surface area contributed by atoms with Gasteiger partial charge in [0.05, 0.1) is 0 Å². The van der Waals surface area contributed by atoms with Crippen LogP contribution < -0.4 is 5.32 Å². The van der Waals surface area contributed by atoms with Gasteiger partial charge in [0.2, 0.25) is 5.82 Å². The summed E-state index contributed by atoms with van der Waals surface area (Å²) in [7, 11) is 0. The number of benzene rings is 1. The fraction of sp³-hybridized carbons (Fsp3) is 0.250. The Hall–Kier alpha value is -2.17. The summed E-state index contributed by atoms with van der Waals surface area (Å²) >= 11 is 0. The van der Waals surface area contributed by atoms with Crippen LogP contribution in [0.5, 0.6) is 0 Å². The van der Waals surface area contributed by atoms with Crippen LogP contribution >= 0.6 is 0 Å². The molecule has 0 saturated carbocycles. The molecule has 1 aromatic carbocycles. The van der Waals surface area contributed by atoms with Crippen LogP contribution in [0, 0.1) is 6.92 Å². The van der Waals surface area contributed by atoms with Crippen molar-refractivity contribution in [2.45, 2.75) is 20.3 Å². The number of hydrogen-bond acceptors (Lipinski definition) is 3. The van der Waals surface area contributed by atoms with E-state index in [1.807, 2.05) is 24.3 Å². The maximum atomic E-state index is 11.7. The highest BCUT2D eigenvalue weighted by Gasteiger charge is 2.10. The van der Waals surface area contributed by atoms with Crippen molar-refractivity contribution in [2.24, 2.45) is 0 Å². The molecular weight excluding hydrogens is 216 g/mol. The van der Waals surface area contributed by atoms with Crippen LogP contribution in [0.2, 0.25) is 0 Å². The number of carbonyl (C=O) groups excluding carboxylic acids is 1. The summed E-state index contributed by atoms with van der Waals surface area (Å²) < 4.78 is 0. The SMILES string of the molecule is CCc1ccc(NC(=O)c2n[nH]c(C)n2)cc1. The first kappa shape index (κ1) is 11.3. The van der Waals surface area contributed by atoms with Crippen LogP contribution in [0.1, 0.15) is 28.9 Å². The number of anilines is 1. The van der Waals surface area contributed by atoms with Crippen molar-refractivity contribution >= 4 is 11.6 Å². The third kappa shape index (κ3) is 2.69. The van der Waals surface area contributed by atoms with Crippen LogP contribution in [0.15, 0.2) is 24.3 Å². The van der Waals surface area contributed by atoms with Gasteiger partial charge in [-0.1, -0.05) is 19.1 Å². The Morgan fingerprint density at radius 1 is 1.35 bits per heavy atom. The van der Waals surface area contributed by atoms with Crippen LogP contribution in [0.4, 0.5) is 5.69 Å². The zero-order valence-electron chi connectivity index (χ0n) is 9.82. The number of carbonyl (C=O) groups is 1. The molecule has 1 aromatic heterocycles. The Bertz CT molecular complexity index is 516. The molecule has 5 heteroatoms. The van der Waals surface area contributed by atoms with E-state index in [4.69, 9.17) is 0 Å². The minimum Gasteiger partial charge on any atom is -0.319 e. The predicted molar refractivity (Wildman–Crippen MR) is 64.9 cm³/mol. The maximum Gasteiger partial charge on any atom is 0.295 e. The summed E-state index contributed by atoms with van der Waals surface area (Å²) in [5.41, 5.74) is 1.98. The zero-order valence-corrected chi connectivity index (χ0v) is 9.82. The Balaban J connectivity index is 2.07. The van der Waals surface area contributed by atoms with E-state index in [9.17, 15) is 4.79 Å². The lowest BCUT2D eigenvalue weighted by Gasteiger charge is -2.03. The highest BCUT2D eigenvalue weighted by molar-refractivity contribution is 6.01. The molecule has 1 amide bonds. The summed E-state index contributed by atoms with van der Waals surface area (Å²) in [6.45, 7) is 3.84. The number of H-pyrrole nitrogens is 1. The molecule has 2 rings (SSSR count). The molecule has 0 unspecified atom stereocenters. The van der Waals surface area contributed by atoms with E-state index in [-0.39, 0.29) is 11.7 Å². The number of aryl methyl sites for hydroxylation is 2. The van der Waals surface area contributed by atoms with Crippen LogP contribution in [0.25, 0.3) is 0 Å².